The molecule has 0 saturated heterocycles. The fraction of sp³-hybridized carbons (Fsp3) is 1.00. The van der Waals surface area contributed by atoms with Gasteiger partial charge in [0.05, 0.1) is 0 Å². The fourth-order valence-electron chi connectivity index (χ4n) is 5.70. The molecule has 33 heavy (non-hydrogen) atoms. The van der Waals surface area contributed by atoms with Gasteiger partial charge in [0.25, 0.3) is 0 Å². The average Bonchev–Trinajstić information content (AvgIpc) is 2.80. The zero-order valence-electron chi connectivity index (χ0n) is 24.4. The van der Waals surface area contributed by atoms with E-state index < -0.39 is 27.2 Å². The van der Waals surface area contributed by atoms with Crippen LogP contribution in [0.5, 0.6) is 0 Å². The third-order valence-corrected chi connectivity index (χ3v) is 35.0. The molecule has 0 rings (SSSR count). The Morgan fingerprint density at radius 1 is 0.303 bits per heavy atom. The molecule has 0 atom stereocenters. The van der Waals surface area contributed by atoms with Crippen LogP contribution in [0.2, 0.25) is 31.5 Å². The van der Waals surface area contributed by atoms with Crippen LogP contribution in [0.1, 0.15) is 157 Å². The van der Waals surface area contributed by atoms with E-state index in [2.05, 4.69) is 41.5 Å². The van der Waals surface area contributed by atoms with Gasteiger partial charge in [-0.25, -0.2) is 0 Å². The number of rotatable bonds is 26. The molecule has 200 valence electrons. The Balaban J connectivity index is 5.91. The summed E-state index contributed by atoms with van der Waals surface area (Å²) in [4.78, 5) is 0. The van der Waals surface area contributed by atoms with Crippen molar-refractivity contribution in [3.05, 3.63) is 0 Å². The predicted molar refractivity (Wildman–Crippen MR) is 159 cm³/mol. The summed E-state index contributed by atoms with van der Waals surface area (Å²) >= 11 is -4.58. The van der Waals surface area contributed by atoms with Gasteiger partial charge in [0.2, 0.25) is 0 Å². The van der Waals surface area contributed by atoms with Crippen molar-refractivity contribution in [2.45, 2.75) is 189 Å². The first-order valence-corrected chi connectivity index (χ1v) is 26.4. The quantitative estimate of drug-likeness (QED) is 0.0722. The molecule has 0 N–H and O–H groups in total. The second-order valence-electron chi connectivity index (χ2n) is 11.2. The van der Waals surface area contributed by atoms with Crippen molar-refractivity contribution >= 4 is 27.2 Å². The van der Waals surface area contributed by atoms with Crippen molar-refractivity contribution in [1.82, 2.24) is 0 Å². The summed E-state index contributed by atoms with van der Waals surface area (Å²) in [7, 11) is 0. The minimum atomic E-state index is -2.29. The second kappa shape index (κ2) is 23.4. The molecule has 0 spiro atoms. The molecule has 0 aliphatic rings. The first-order valence-electron chi connectivity index (χ1n) is 15.8. The molecule has 0 aliphatic heterocycles. The molecule has 0 aliphatic carbocycles. The van der Waals surface area contributed by atoms with Crippen LogP contribution in [0, 0.1) is 0 Å². The topological polar surface area (TPSA) is 9.23 Å². The van der Waals surface area contributed by atoms with Crippen molar-refractivity contribution in [1.29, 1.82) is 0 Å². The molecule has 0 unspecified atom stereocenters. The van der Waals surface area contributed by atoms with Crippen LogP contribution in [0.15, 0.2) is 0 Å². The van der Waals surface area contributed by atoms with E-state index in [9.17, 15) is 0 Å². The minimum absolute atomic E-state index is 1.36. The SMILES string of the molecule is CCCC[CH2][Ge]([CH2]CCCC)([CH2]CCCC)[O][Ge]([CH2]CCCC)([CH2]CCCC)[CH2]CCCC. The van der Waals surface area contributed by atoms with Crippen LogP contribution in [-0.2, 0) is 2.79 Å². The maximum absolute atomic E-state index is 8.08. The Kier molecular flexibility index (Phi) is 24.2. The van der Waals surface area contributed by atoms with Crippen LogP contribution >= 0.6 is 0 Å². The van der Waals surface area contributed by atoms with Gasteiger partial charge in [-0.05, 0) is 0 Å². The summed E-state index contributed by atoms with van der Waals surface area (Å²) in [5, 5.41) is 9.19. The fourth-order valence-corrected chi connectivity index (χ4v) is 40.0. The van der Waals surface area contributed by atoms with E-state index in [1.165, 1.54) is 147 Å². The van der Waals surface area contributed by atoms with Crippen molar-refractivity contribution in [3.8, 4) is 0 Å². The van der Waals surface area contributed by atoms with Gasteiger partial charge in [-0.1, -0.05) is 0 Å². The van der Waals surface area contributed by atoms with Gasteiger partial charge in [0.1, 0.15) is 0 Å². The second-order valence-corrected chi connectivity index (χ2v) is 30.1. The van der Waals surface area contributed by atoms with E-state index in [0.717, 1.165) is 0 Å². The van der Waals surface area contributed by atoms with E-state index >= 15 is 0 Å². The zero-order chi connectivity index (χ0) is 24.7. The van der Waals surface area contributed by atoms with Crippen molar-refractivity contribution in [3.63, 3.8) is 0 Å². The Bertz CT molecular complexity index is 310. The summed E-state index contributed by atoms with van der Waals surface area (Å²) in [5.74, 6) is 0. The Morgan fingerprint density at radius 3 is 0.636 bits per heavy atom. The van der Waals surface area contributed by atoms with E-state index in [4.69, 9.17) is 2.79 Å². The maximum atomic E-state index is 8.08. The molecule has 0 saturated carbocycles. The first-order chi connectivity index (χ1) is 16.1. The molecule has 0 aromatic carbocycles. The first kappa shape index (κ1) is 34.0. The Morgan fingerprint density at radius 2 is 0.485 bits per heavy atom. The van der Waals surface area contributed by atoms with Crippen LogP contribution in [0.3, 0.4) is 0 Å². The molecular formula is C30H66Ge2O. The standard InChI is InChI=1S/C30H66Ge2O/c1-7-13-19-25-31(26-20-14-8-2,27-21-15-9-3)33-32(28-22-16-10-4,29-23-17-11-5)30-24-18-12-6/h7-30H2,1-6H3. The molecule has 0 amide bonds. The Hall–Kier alpha value is 1.05. The van der Waals surface area contributed by atoms with Crippen LogP contribution in [0.25, 0.3) is 0 Å². The molecule has 0 fully saturated rings. The van der Waals surface area contributed by atoms with Crippen molar-refractivity contribution < 1.29 is 2.79 Å². The van der Waals surface area contributed by atoms with E-state index in [1.807, 2.05) is 0 Å². The normalized spacial score (nSPS) is 12.5. The Labute approximate surface area is 217 Å². The molecule has 0 bridgehead atoms. The van der Waals surface area contributed by atoms with Crippen molar-refractivity contribution in [2.75, 3.05) is 0 Å². The number of hydrogen-bond acceptors (Lipinski definition) is 1. The number of hydrogen-bond donors (Lipinski definition) is 0. The van der Waals surface area contributed by atoms with Crippen molar-refractivity contribution in [2.24, 2.45) is 0 Å². The van der Waals surface area contributed by atoms with Crippen LogP contribution in [-0.4, -0.2) is 27.2 Å². The summed E-state index contributed by atoms with van der Waals surface area (Å²) in [6, 6.07) is 0. The van der Waals surface area contributed by atoms with Gasteiger partial charge < -0.3 is 0 Å². The van der Waals surface area contributed by atoms with Gasteiger partial charge in [-0.2, -0.15) is 0 Å². The van der Waals surface area contributed by atoms with E-state index in [-0.39, 0.29) is 0 Å². The van der Waals surface area contributed by atoms with Crippen LogP contribution < -0.4 is 0 Å². The molecule has 3 heteroatoms. The zero-order valence-corrected chi connectivity index (χ0v) is 28.6. The third-order valence-electron chi connectivity index (χ3n) is 7.85. The molecule has 1 nitrogen and oxygen atoms in total. The predicted octanol–water partition coefficient (Wildman–Crippen LogP) is 12.0. The van der Waals surface area contributed by atoms with Gasteiger partial charge >= 0.3 is 219 Å². The number of unbranched alkanes of at least 4 members (excludes halogenated alkanes) is 12. The summed E-state index contributed by atoms with van der Waals surface area (Å²) < 4.78 is 8.08. The molecule has 0 aromatic heterocycles. The summed E-state index contributed by atoms with van der Waals surface area (Å²) in [6.45, 7) is 14.3. The monoisotopic (exact) mass is 590 g/mol. The van der Waals surface area contributed by atoms with Gasteiger partial charge in [0, 0.05) is 0 Å². The molecule has 0 radical (unpaired) electrons. The molecular weight excluding hydrogens is 522 g/mol. The van der Waals surface area contributed by atoms with Gasteiger partial charge in [0.15, 0.2) is 0 Å². The van der Waals surface area contributed by atoms with E-state index in [0.29, 0.717) is 0 Å². The molecule has 0 aromatic rings. The van der Waals surface area contributed by atoms with Gasteiger partial charge in [-0.3, -0.25) is 0 Å². The van der Waals surface area contributed by atoms with Gasteiger partial charge in [-0.15, -0.1) is 0 Å². The van der Waals surface area contributed by atoms with Crippen LogP contribution in [0.4, 0.5) is 0 Å². The van der Waals surface area contributed by atoms with E-state index in [1.54, 1.807) is 0 Å². The summed E-state index contributed by atoms with van der Waals surface area (Å²) in [5.41, 5.74) is 0. The third kappa shape index (κ3) is 17.2. The molecule has 0 heterocycles. The summed E-state index contributed by atoms with van der Waals surface area (Å²) in [6.07, 6.45) is 25.5. The average molecular weight is 588 g/mol.